The van der Waals surface area contributed by atoms with Crippen LogP contribution in [-0.4, -0.2) is 16.1 Å². The lowest BCUT2D eigenvalue weighted by molar-refractivity contribution is 0.102. The summed E-state index contributed by atoms with van der Waals surface area (Å²) in [6.07, 6.45) is 1.68. The summed E-state index contributed by atoms with van der Waals surface area (Å²) in [5.74, 6) is -1.25. The predicted octanol–water partition coefficient (Wildman–Crippen LogP) is 3.61. The van der Waals surface area contributed by atoms with Gasteiger partial charge in [-0.05, 0) is 30.3 Å². The van der Waals surface area contributed by atoms with Crippen LogP contribution in [0.1, 0.15) is 10.4 Å². The molecule has 0 spiro atoms. The number of carbonyl (C=O) groups is 1. The lowest BCUT2D eigenvalue weighted by atomic mass is 10.2. The first-order chi connectivity index (χ1) is 9.65. The number of H-pyrrole nitrogens is 1. The topological polar surface area (TPSA) is 57.8 Å². The van der Waals surface area contributed by atoms with Gasteiger partial charge in [0.25, 0.3) is 5.91 Å². The van der Waals surface area contributed by atoms with Crippen LogP contribution in [0, 0.1) is 5.82 Å². The minimum absolute atomic E-state index is 0.0742. The summed E-state index contributed by atoms with van der Waals surface area (Å²) < 4.78 is 13.6. The second-order valence-corrected chi connectivity index (χ2v) is 4.63. The first-order valence-corrected chi connectivity index (χ1v) is 6.21. The van der Waals surface area contributed by atoms with E-state index in [-0.39, 0.29) is 10.6 Å². The molecular weight excluding hydrogens is 281 g/mol. The number of nitrogens with zero attached hydrogens (tertiary/aromatic N) is 1. The summed E-state index contributed by atoms with van der Waals surface area (Å²) in [5.41, 5.74) is 1.15. The molecule has 0 radical (unpaired) electrons. The van der Waals surface area contributed by atoms with E-state index in [2.05, 4.69) is 15.5 Å². The van der Waals surface area contributed by atoms with E-state index >= 15 is 0 Å². The van der Waals surface area contributed by atoms with Crippen LogP contribution in [0.4, 0.5) is 10.1 Å². The molecule has 0 unspecified atom stereocenters. The Labute approximate surface area is 118 Å². The second-order valence-electron chi connectivity index (χ2n) is 4.22. The fourth-order valence-electron chi connectivity index (χ4n) is 1.92. The van der Waals surface area contributed by atoms with Crippen LogP contribution in [-0.2, 0) is 0 Å². The summed E-state index contributed by atoms with van der Waals surface area (Å²) >= 11 is 5.85. The highest BCUT2D eigenvalue weighted by Gasteiger charge is 2.15. The molecule has 20 heavy (non-hydrogen) atoms. The van der Waals surface area contributed by atoms with Crippen molar-refractivity contribution in [1.29, 1.82) is 0 Å². The highest BCUT2D eigenvalue weighted by molar-refractivity contribution is 6.34. The van der Waals surface area contributed by atoms with Crippen LogP contribution in [0.5, 0.6) is 0 Å². The van der Waals surface area contributed by atoms with Gasteiger partial charge >= 0.3 is 0 Å². The Balaban J connectivity index is 1.92. The molecule has 0 aliphatic heterocycles. The van der Waals surface area contributed by atoms with Gasteiger partial charge < -0.3 is 5.32 Å². The molecule has 4 nitrogen and oxygen atoms in total. The van der Waals surface area contributed by atoms with Crippen molar-refractivity contribution >= 4 is 34.1 Å². The molecule has 2 aromatic carbocycles. The van der Waals surface area contributed by atoms with E-state index in [4.69, 9.17) is 11.6 Å². The fourth-order valence-corrected chi connectivity index (χ4v) is 2.17. The number of aromatic nitrogens is 2. The zero-order chi connectivity index (χ0) is 14.1. The van der Waals surface area contributed by atoms with Gasteiger partial charge in [0.15, 0.2) is 0 Å². The quantitative estimate of drug-likeness (QED) is 0.757. The number of benzene rings is 2. The predicted molar refractivity (Wildman–Crippen MR) is 75.5 cm³/mol. The minimum atomic E-state index is -0.655. The average Bonchev–Trinajstić information content (AvgIpc) is 2.85. The molecule has 0 bridgehead atoms. The number of rotatable bonds is 2. The van der Waals surface area contributed by atoms with Crippen molar-refractivity contribution in [3.63, 3.8) is 0 Å². The largest absolute Gasteiger partial charge is 0.322 e. The van der Waals surface area contributed by atoms with Crippen molar-refractivity contribution < 1.29 is 9.18 Å². The third-order valence-corrected chi connectivity index (χ3v) is 3.20. The van der Waals surface area contributed by atoms with Crippen LogP contribution in [0.25, 0.3) is 10.9 Å². The van der Waals surface area contributed by atoms with Gasteiger partial charge in [0.05, 0.1) is 22.3 Å². The van der Waals surface area contributed by atoms with Crippen LogP contribution in [0.2, 0.25) is 5.02 Å². The van der Waals surface area contributed by atoms with E-state index in [0.717, 1.165) is 10.9 Å². The van der Waals surface area contributed by atoms with Gasteiger partial charge in [0.1, 0.15) is 5.82 Å². The fraction of sp³-hybridized carbons (Fsp3) is 0. The van der Waals surface area contributed by atoms with Crippen molar-refractivity contribution in [3.8, 4) is 0 Å². The summed E-state index contributed by atoms with van der Waals surface area (Å²) in [6.45, 7) is 0. The Morgan fingerprint density at radius 3 is 2.95 bits per heavy atom. The summed E-state index contributed by atoms with van der Waals surface area (Å²) in [6, 6.07) is 9.35. The van der Waals surface area contributed by atoms with Crippen molar-refractivity contribution in [1.82, 2.24) is 10.2 Å². The Bertz CT molecular complexity index is 780. The number of hydrogen-bond donors (Lipinski definition) is 2. The Kier molecular flexibility index (Phi) is 3.12. The molecule has 0 saturated carbocycles. The van der Waals surface area contributed by atoms with E-state index in [1.807, 2.05) is 0 Å². The number of carbonyl (C=O) groups excluding carboxylic acids is 1. The van der Waals surface area contributed by atoms with Gasteiger partial charge in [0.2, 0.25) is 0 Å². The maximum atomic E-state index is 13.6. The average molecular weight is 290 g/mol. The Morgan fingerprint density at radius 1 is 1.30 bits per heavy atom. The summed E-state index contributed by atoms with van der Waals surface area (Å²) in [7, 11) is 0. The summed E-state index contributed by atoms with van der Waals surface area (Å²) in [5, 5.41) is 10.3. The monoisotopic (exact) mass is 289 g/mol. The van der Waals surface area contributed by atoms with Gasteiger partial charge in [-0.3, -0.25) is 9.89 Å². The molecule has 1 aromatic heterocycles. The number of fused-ring (bicyclic) bond motifs is 1. The number of nitrogens with one attached hydrogen (secondary N) is 2. The standard InChI is InChI=1S/C14H9ClFN3O/c15-10-2-1-3-11(16)13(10)14(20)18-9-5-4-8-7-17-19-12(8)6-9/h1-7H,(H,17,19)(H,18,20). The molecule has 0 aliphatic rings. The van der Waals surface area contributed by atoms with Crippen LogP contribution in [0.15, 0.2) is 42.6 Å². The molecule has 0 saturated heterocycles. The third kappa shape index (κ3) is 2.23. The molecule has 1 amide bonds. The molecule has 3 rings (SSSR count). The Morgan fingerprint density at radius 2 is 2.15 bits per heavy atom. The lowest BCUT2D eigenvalue weighted by Crippen LogP contribution is -2.14. The highest BCUT2D eigenvalue weighted by Crippen LogP contribution is 2.22. The zero-order valence-electron chi connectivity index (χ0n) is 10.2. The smallest absolute Gasteiger partial charge is 0.260 e. The van der Waals surface area contributed by atoms with E-state index < -0.39 is 11.7 Å². The van der Waals surface area contributed by atoms with Crippen molar-refractivity contribution in [2.45, 2.75) is 0 Å². The molecule has 2 N–H and O–H groups in total. The van der Waals surface area contributed by atoms with Gasteiger partial charge in [-0.15, -0.1) is 0 Å². The molecular formula is C14H9ClFN3O. The molecule has 0 fully saturated rings. The normalized spacial score (nSPS) is 10.7. The van der Waals surface area contributed by atoms with E-state index in [1.165, 1.54) is 18.2 Å². The molecule has 6 heteroatoms. The number of hydrogen-bond acceptors (Lipinski definition) is 2. The zero-order valence-corrected chi connectivity index (χ0v) is 10.9. The van der Waals surface area contributed by atoms with E-state index in [9.17, 15) is 9.18 Å². The molecule has 0 aliphatic carbocycles. The third-order valence-electron chi connectivity index (χ3n) is 2.89. The van der Waals surface area contributed by atoms with Gasteiger partial charge in [-0.2, -0.15) is 5.10 Å². The second kappa shape index (κ2) is 4.94. The molecule has 0 atom stereocenters. The number of halogens is 2. The number of amides is 1. The van der Waals surface area contributed by atoms with E-state index in [1.54, 1.807) is 24.4 Å². The van der Waals surface area contributed by atoms with Crippen molar-refractivity contribution in [3.05, 3.63) is 59.0 Å². The number of anilines is 1. The van der Waals surface area contributed by atoms with Crippen LogP contribution >= 0.6 is 11.6 Å². The van der Waals surface area contributed by atoms with Gasteiger partial charge in [-0.25, -0.2) is 4.39 Å². The van der Waals surface area contributed by atoms with E-state index in [0.29, 0.717) is 5.69 Å². The van der Waals surface area contributed by atoms with Crippen molar-refractivity contribution in [2.24, 2.45) is 0 Å². The maximum Gasteiger partial charge on any atom is 0.260 e. The van der Waals surface area contributed by atoms with Crippen molar-refractivity contribution in [2.75, 3.05) is 5.32 Å². The van der Waals surface area contributed by atoms with Crippen LogP contribution < -0.4 is 5.32 Å². The first kappa shape index (κ1) is 12.6. The maximum absolute atomic E-state index is 13.6. The van der Waals surface area contributed by atoms with Gasteiger partial charge in [0, 0.05) is 11.1 Å². The lowest BCUT2D eigenvalue weighted by Gasteiger charge is -2.07. The minimum Gasteiger partial charge on any atom is -0.322 e. The van der Waals surface area contributed by atoms with Crippen LogP contribution in [0.3, 0.4) is 0 Å². The SMILES string of the molecule is O=C(Nc1ccc2cn[nH]c2c1)c1c(F)cccc1Cl. The molecule has 1 heterocycles. The highest BCUT2D eigenvalue weighted by atomic mass is 35.5. The first-order valence-electron chi connectivity index (χ1n) is 5.83. The summed E-state index contributed by atoms with van der Waals surface area (Å²) in [4.78, 5) is 12.1. The molecule has 3 aromatic rings. The Hall–Kier alpha value is -2.40. The number of aromatic amines is 1. The van der Waals surface area contributed by atoms with Gasteiger partial charge in [-0.1, -0.05) is 17.7 Å². The molecule has 100 valence electrons.